The molecule has 0 bridgehead atoms. The second-order valence-corrected chi connectivity index (χ2v) is 5.20. The normalized spacial score (nSPS) is 9.00. The van der Waals surface area contributed by atoms with E-state index in [-0.39, 0.29) is 0 Å². The molecular formula is H4OS2Si. The maximum atomic E-state index is 7.92. The summed E-state index contributed by atoms with van der Waals surface area (Å²) in [5.41, 5.74) is 0. The molecule has 0 saturated heterocycles. The summed E-state index contributed by atoms with van der Waals surface area (Å²) in [6, 6.07) is 0. The van der Waals surface area contributed by atoms with E-state index in [0.717, 1.165) is 0 Å². The van der Waals surface area contributed by atoms with Crippen LogP contribution < -0.4 is 0 Å². The van der Waals surface area contributed by atoms with Crippen LogP contribution in [0.5, 0.6) is 0 Å². The lowest BCUT2D eigenvalue weighted by Crippen LogP contribution is -1.83. The van der Waals surface area contributed by atoms with Crippen LogP contribution in [-0.2, 0) is 0 Å². The first-order valence-corrected chi connectivity index (χ1v) is 5.42. The Kier molecular flexibility index (Phi) is 2.60. The van der Waals surface area contributed by atoms with Gasteiger partial charge in [0.25, 0.3) is 7.34 Å². The third kappa shape index (κ3) is 13.2. The fraction of sp³-hybridized carbons (Fsp3) is 0. The largest absolute Gasteiger partial charge is 0.418 e. The van der Waals surface area contributed by atoms with Gasteiger partial charge < -0.3 is 4.80 Å². The Morgan fingerprint density at radius 2 is 1.50 bits per heavy atom. The Bertz CT molecular complexity index is 10.8. The standard InChI is InChI=1S/H4OS2Si/c1-4(2)3/h1-4H. The van der Waals surface area contributed by atoms with Crippen LogP contribution in [0.15, 0.2) is 0 Å². The van der Waals surface area contributed by atoms with Crippen molar-refractivity contribution in [2.24, 2.45) is 0 Å². The van der Waals surface area contributed by atoms with Crippen LogP contribution in [0.2, 0.25) is 0 Å². The van der Waals surface area contributed by atoms with Gasteiger partial charge in [0.15, 0.2) is 0 Å². The molecule has 0 unspecified atom stereocenters. The quantitative estimate of drug-likeness (QED) is 0.286. The smallest absolute Gasteiger partial charge is 0.293 e. The van der Waals surface area contributed by atoms with Gasteiger partial charge in [-0.15, -0.1) is 0 Å². The second kappa shape index (κ2) is 2.13. The Hall–Kier alpha value is 0.877. The van der Waals surface area contributed by atoms with E-state index in [2.05, 4.69) is 24.2 Å². The first kappa shape index (κ1) is 4.88. The van der Waals surface area contributed by atoms with E-state index in [1.807, 2.05) is 0 Å². The average molecular weight is 112 g/mol. The number of hydrogen-bond donors (Lipinski definition) is 3. The zero-order valence-electron chi connectivity index (χ0n) is 1.92. The van der Waals surface area contributed by atoms with Crippen LogP contribution in [0.1, 0.15) is 0 Å². The SMILES string of the molecule is O[SiH](S)S. The summed E-state index contributed by atoms with van der Waals surface area (Å²) >= 11 is 7.05. The van der Waals surface area contributed by atoms with E-state index in [1.165, 1.54) is 0 Å². The van der Waals surface area contributed by atoms with E-state index in [1.54, 1.807) is 0 Å². The molecule has 0 aromatic carbocycles. The molecule has 0 saturated carbocycles. The van der Waals surface area contributed by atoms with Crippen LogP contribution in [-0.4, -0.2) is 12.1 Å². The summed E-state index contributed by atoms with van der Waals surface area (Å²) in [7, 11) is -1.75. The molecule has 4 heteroatoms. The van der Waals surface area contributed by atoms with Crippen molar-refractivity contribution in [1.29, 1.82) is 0 Å². The summed E-state index contributed by atoms with van der Waals surface area (Å²) in [6.07, 6.45) is 0. The van der Waals surface area contributed by atoms with Gasteiger partial charge in [-0.25, -0.2) is 0 Å². The summed E-state index contributed by atoms with van der Waals surface area (Å²) < 4.78 is 0. The van der Waals surface area contributed by atoms with Crippen molar-refractivity contribution in [2.75, 3.05) is 0 Å². The Labute approximate surface area is 36.9 Å². The molecule has 0 aliphatic rings. The lowest BCUT2D eigenvalue weighted by atomic mass is 15.9. The van der Waals surface area contributed by atoms with E-state index < -0.39 is 7.34 Å². The minimum Gasteiger partial charge on any atom is -0.418 e. The maximum Gasteiger partial charge on any atom is 0.293 e. The van der Waals surface area contributed by atoms with Gasteiger partial charge in [0.1, 0.15) is 0 Å². The number of hydrogen-bond acceptors (Lipinski definition) is 3. The molecule has 0 amide bonds. The van der Waals surface area contributed by atoms with Gasteiger partial charge in [-0.2, -0.15) is 24.2 Å². The maximum absolute atomic E-state index is 7.92. The predicted octanol–water partition coefficient (Wildman–Crippen LogP) is -0.445. The fourth-order valence-corrected chi connectivity index (χ4v) is 0. The molecule has 0 aliphatic carbocycles. The summed E-state index contributed by atoms with van der Waals surface area (Å²) in [4.78, 5) is 7.92. The van der Waals surface area contributed by atoms with Gasteiger partial charge in [0.05, 0.1) is 0 Å². The monoisotopic (exact) mass is 112 g/mol. The highest BCUT2D eigenvalue weighted by Gasteiger charge is 1.78. The topological polar surface area (TPSA) is 20.2 Å². The first-order valence-electron chi connectivity index (χ1n) is 0.775. The zero-order valence-corrected chi connectivity index (χ0v) is 4.86. The molecular weight excluding hydrogens is 108 g/mol. The molecule has 0 rings (SSSR count). The van der Waals surface area contributed by atoms with Crippen molar-refractivity contribution in [2.45, 2.75) is 0 Å². The van der Waals surface area contributed by atoms with Gasteiger partial charge in [-0.05, 0) is 0 Å². The van der Waals surface area contributed by atoms with Crippen molar-refractivity contribution in [3.8, 4) is 0 Å². The molecule has 26 valence electrons. The van der Waals surface area contributed by atoms with Crippen molar-refractivity contribution in [3.63, 3.8) is 0 Å². The molecule has 0 radical (unpaired) electrons. The summed E-state index contributed by atoms with van der Waals surface area (Å²) in [6.45, 7) is 0. The molecule has 0 atom stereocenters. The number of thiol groups is 2. The van der Waals surface area contributed by atoms with Gasteiger partial charge >= 0.3 is 0 Å². The molecule has 0 spiro atoms. The molecule has 0 aliphatic heterocycles. The molecule has 0 aromatic rings. The Balaban J connectivity index is 2.32. The summed E-state index contributed by atoms with van der Waals surface area (Å²) in [5.74, 6) is 0. The van der Waals surface area contributed by atoms with Gasteiger partial charge in [-0.3, -0.25) is 0 Å². The molecule has 4 heavy (non-hydrogen) atoms. The summed E-state index contributed by atoms with van der Waals surface area (Å²) in [5, 5.41) is 0. The van der Waals surface area contributed by atoms with E-state index in [4.69, 9.17) is 4.80 Å². The van der Waals surface area contributed by atoms with Crippen LogP contribution in [0.3, 0.4) is 0 Å². The Morgan fingerprint density at radius 1 is 1.50 bits per heavy atom. The van der Waals surface area contributed by atoms with Gasteiger partial charge in [-0.1, -0.05) is 0 Å². The Morgan fingerprint density at radius 3 is 1.50 bits per heavy atom. The minimum absolute atomic E-state index is 1.75. The minimum atomic E-state index is -1.75. The zero-order chi connectivity index (χ0) is 3.58. The molecule has 0 fully saturated rings. The van der Waals surface area contributed by atoms with Crippen LogP contribution in [0.25, 0.3) is 0 Å². The highest BCUT2D eigenvalue weighted by atomic mass is 32.5. The van der Waals surface area contributed by atoms with Crippen molar-refractivity contribution in [1.82, 2.24) is 0 Å². The molecule has 0 aromatic heterocycles. The molecule has 1 nitrogen and oxygen atoms in total. The highest BCUT2D eigenvalue weighted by molar-refractivity contribution is 8.39. The lowest BCUT2D eigenvalue weighted by Gasteiger charge is -1.74. The van der Waals surface area contributed by atoms with E-state index >= 15 is 0 Å². The van der Waals surface area contributed by atoms with Crippen molar-refractivity contribution >= 4 is 31.5 Å². The highest BCUT2D eigenvalue weighted by Crippen LogP contribution is 1.81. The van der Waals surface area contributed by atoms with Crippen LogP contribution in [0, 0.1) is 0 Å². The van der Waals surface area contributed by atoms with Crippen LogP contribution >= 0.6 is 24.2 Å². The predicted molar refractivity (Wildman–Crippen MR) is 27.3 cm³/mol. The lowest BCUT2D eigenvalue weighted by molar-refractivity contribution is 0.618. The van der Waals surface area contributed by atoms with Crippen molar-refractivity contribution in [3.05, 3.63) is 0 Å². The first-order chi connectivity index (χ1) is 1.73. The fourth-order valence-electron chi connectivity index (χ4n) is 0. The van der Waals surface area contributed by atoms with Gasteiger partial charge in [0.2, 0.25) is 0 Å². The third-order valence-corrected chi connectivity index (χ3v) is 0. The average Bonchev–Trinajstić information content (AvgIpc) is 0.811. The second-order valence-electron chi connectivity index (χ2n) is 0.346. The molecule has 1 N–H and O–H groups in total. The molecule has 0 heterocycles. The van der Waals surface area contributed by atoms with Crippen molar-refractivity contribution < 1.29 is 4.80 Å². The third-order valence-electron chi connectivity index (χ3n) is 0. The van der Waals surface area contributed by atoms with Crippen LogP contribution in [0.4, 0.5) is 0 Å². The number of rotatable bonds is 0. The van der Waals surface area contributed by atoms with E-state index in [9.17, 15) is 0 Å². The van der Waals surface area contributed by atoms with E-state index in [0.29, 0.717) is 0 Å². The van der Waals surface area contributed by atoms with Gasteiger partial charge in [0, 0.05) is 0 Å².